The van der Waals surface area contributed by atoms with Crippen LogP contribution < -0.4 is 10.1 Å². The van der Waals surface area contributed by atoms with Crippen LogP contribution in [0.25, 0.3) is 0 Å². The first-order valence-electron chi connectivity index (χ1n) is 8.74. The number of nitrogens with zero attached hydrogens (tertiary/aromatic N) is 3. The van der Waals surface area contributed by atoms with E-state index < -0.39 is 5.97 Å². The van der Waals surface area contributed by atoms with Gasteiger partial charge in [-0.15, -0.1) is 21.5 Å². The van der Waals surface area contributed by atoms with Crippen molar-refractivity contribution in [2.24, 2.45) is 7.05 Å². The predicted octanol–water partition coefficient (Wildman–Crippen LogP) is 3.93. The Balaban J connectivity index is 1.56. The molecule has 2 heterocycles. The minimum atomic E-state index is -0.495. The topological polar surface area (TPSA) is 95.3 Å². The highest BCUT2D eigenvalue weighted by molar-refractivity contribution is 7.99. The molecule has 0 bridgehead atoms. The summed E-state index contributed by atoms with van der Waals surface area (Å²) in [6.07, 6.45) is 0. The third-order valence-corrected chi connectivity index (χ3v) is 6.19. The lowest BCUT2D eigenvalue weighted by Gasteiger charge is -2.09. The van der Waals surface area contributed by atoms with E-state index in [0.717, 1.165) is 5.56 Å². The van der Waals surface area contributed by atoms with Crippen LogP contribution in [0.2, 0.25) is 5.02 Å². The Morgan fingerprint density at radius 2 is 2.10 bits per heavy atom. The predicted molar refractivity (Wildman–Crippen MR) is 117 cm³/mol. The molecule has 0 radical (unpaired) electrons. The number of thioether (sulfide) groups is 1. The second kappa shape index (κ2) is 9.96. The summed E-state index contributed by atoms with van der Waals surface area (Å²) in [5, 5.41) is 14.2. The fraction of sp³-hybridized carbons (Fsp3) is 0.263. The third kappa shape index (κ3) is 5.32. The molecular weight excluding hydrogens is 448 g/mol. The minimum absolute atomic E-state index is 0.106. The van der Waals surface area contributed by atoms with Crippen LogP contribution in [0, 0.1) is 6.92 Å². The molecule has 0 aliphatic rings. The van der Waals surface area contributed by atoms with Gasteiger partial charge in [0.15, 0.2) is 11.0 Å². The number of anilines is 1. The van der Waals surface area contributed by atoms with Crippen molar-refractivity contribution in [3.05, 3.63) is 51.6 Å². The molecule has 1 N–H and O–H groups in total. The number of esters is 1. The molecule has 1 amide bonds. The van der Waals surface area contributed by atoms with E-state index >= 15 is 0 Å². The monoisotopic (exact) mass is 466 g/mol. The summed E-state index contributed by atoms with van der Waals surface area (Å²) in [7, 11) is 3.09. The highest BCUT2D eigenvalue weighted by Gasteiger charge is 2.17. The smallest absolute Gasteiger partial charge is 0.340 e. The van der Waals surface area contributed by atoms with Crippen molar-refractivity contribution in [1.82, 2.24) is 14.8 Å². The maximum Gasteiger partial charge on any atom is 0.340 e. The number of nitrogens with one attached hydrogen (secondary N) is 1. The first-order chi connectivity index (χ1) is 14.4. The number of hydrogen-bond donors (Lipinski definition) is 1. The van der Waals surface area contributed by atoms with Crippen LogP contribution in [0.15, 0.2) is 34.8 Å². The van der Waals surface area contributed by atoms with E-state index in [2.05, 4.69) is 15.5 Å². The van der Waals surface area contributed by atoms with E-state index in [9.17, 15) is 9.59 Å². The number of aromatic nitrogens is 3. The number of halogens is 1. The Bertz CT molecular complexity index is 1070. The molecule has 11 heteroatoms. The molecular formula is C19H19ClN4O4S2. The molecule has 0 unspecified atom stereocenters. The molecule has 3 aromatic rings. The number of ether oxygens (including phenoxy) is 2. The molecule has 0 atom stereocenters. The van der Waals surface area contributed by atoms with E-state index in [-0.39, 0.29) is 18.3 Å². The SMILES string of the molecule is COC(=O)c1ccsc1NC(=O)CSc1nnc(COc2cc(C)ccc2Cl)n1C. The Labute approximate surface area is 186 Å². The molecule has 30 heavy (non-hydrogen) atoms. The Hall–Kier alpha value is -2.56. The van der Waals surface area contributed by atoms with Gasteiger partial charge in [0.1, 0.15) is 17.4 Å². The van der Waals surface area contributed by atoms with Crippen LogP contribution in [0.3, 0.4) is 0 Å². The third-order valence-electron chi connectivity index (χ3n) is 4.02. The van der Waals surface area contributed by atoms with Crippen molar-refractivity contribution in [2.75, 3.05) is 18.2 Å². The Morgan fingerprint density at radius 3 is 2.87 bits per heavy atom. The first kappa shape index (κ1) is 22.1. The molecule has 0 saturated carbocycles. The molecule has 8 nitrogen and oxygen atoms in total. The van der Waals surface area contributed by atoms with E-state index in [0.29, 0.717) is 32.3 Å². The van der Waals surface area contributed by atoms with Gasteiger partial charge in [0.05, 0.1) is 23.4 Å². The van der Waals surface area contributed by atoms with E-state index in [1.807, 2.05) is 19.1 Å². The van der Waals surface area contributed by atoms with Crippen molar-refractivity contribution in [1.29, 1.82) is 0 Å². The molecule has 1 aromatic carbocycles. The second-order valence-electron chi connectivity index (χ2n) is 6.17. The maximum absolute atomic E-state index is 12.3. The van der Waals surface area contributed by atoms with E-state index in [1.165, 1.54) is 30.2 Å². The van der Waals surface area contributed by atoms with Crippen molar-refractivity contribution in [2.45, 2.75) is 18.7 Å². The fourth-order valence-electron chi connectivity index (χ4n) is 2.43. The maximum atomic E-state index is 12.3. The molecule has 0 fully saturated rings. The largest absolute Gasteiger partial charge is 0.484 e. The summed E-state index contributed by atoms with van der Waals surface area (Å²) in [4.78, 5) is 24.0. The molecule has 2 aromatic heterocycles. The van der Waals surface area contributed by atoms with Crippen LogP contribution in [-0.2, 0) is 23.2 Å². The minimum Gasteiger partial charge on any atom is -0.484 e. The van der Waals surface area contributed by atoms with Gasteiger partial charge in [-0.1, -0.05) is 29.4 Å². The highest BCUT2D eigenvalue weighted by Crippen LogP contribution is 2.27. The van der Waals surface area contributed by atoms with Crippen LogP contribution in [-0.4, -0.2) is 39.5 Å². The molecule has 0 saturated heterocycles. The number of carbonyl (C=O) groups is 2. The number of thiophene rings is 1. The molecule has 0 aliphatic heterocycles. The number of amides is 1. The number of carbonyl (C=O) groups excluding carboxylic acids is 2. The first-order valence-corrected chi connectivity index (χ1v) is 11.0. The number of rotatable bonds is 8. The van der Waals surface area contributed by atoms with Crippen molar-refractivity contribution < 1.29 is 19.1 Å². The second-order valence-corrected chi connectivity index (χ2v) is 8.44. The lowest BCUT2D eigenvalue weighted by molar-refractivity contribution is -0.113. The summed E-state index contributed by atoms with van der Waals surface area (Å²) in [5.74, 6) is 0.521. The normalized spacial score (nSPS) is 10.7. The van der Waals surface area contributed by atoms with Gasteiger partial charge in [-0.2, -0.15) is 0 Å². The quantitative estimate of drug-likeness (QED) is 0.397. The zero-order valence-corrected chi connectivity index (χ0v) is 18.9. The van der Waals surface area contributed by atoms with Gasteiger partial charge in [-0.05, 0) is 36.1 Å². The number of hydrogen-bond acceptors (Lipinski definition) is 8. The summed E-state index contributed by atoms with van der Waals surface area (Å²) < 4.78 is 12.2. The molecule has 0 spiro atoms. The van der Waals surface area contributed by atoms with Crippen molar-refractivity contribution in [3.63, 3.8) is 0 Å². The Kier molecular flexibility index (Phi) is 7.35. The van der Waals surface area contributed by atoms with E-state index in [1.54, 1.807) is 29.1 Å². The van der Waals surface area contributed by atoms with Gasteiger partial charge in [-0.3, -0.25) is 4.79 Å². The molecule has 3 rings (SSSR count). The lowest BCUT2D eigenvalue weighted by Crippen LogP contribution is -2.16. The zero-order chi connectivity index (χ0) is 21.7. The number of benzene rings is 1. The average molecular weight is 467 g/mol. The van der Waals surface area contributed by atoms with Gasteiger partial charge in [0.25, 0.3) is 0 Å². The molecule has 158 valence electrons. The summed E-state index contributed by atoms with van der Waals surface area (Å²) in [6, 6.07) is 7.14. The van der Waals surface area contributed by atoms with Crippen molar-refractivity contribution >= 4 is 51.6 Å². The fourth-order valence-corrected chi connectivity index (χ4v) is 4.12. The zero-order valence-electron chi connectivity index (χ0n) is 16.5. The summed E-state index contributed by atoms with van der Waals surface area (Å²) in [5.41, 5.74) is 1.37. The van der Waals surface area contributed by atoms with Crippen molar-refractivity contribution in [3.8, 4) is 5.75 Å². The summed E-state index contributed by atoms with van der Waals surface area (Å²) >= 11 is 8.63. The Morgan fingerprint density at radius 1 is 1.30 bits per heavy atom. The van der Waals surface area contributed by atoms with Gasteiger partial charge in [0, 0.05) is 7.05 Å². The average Bonchev–Trinajstić information content (AvgIpc) is 3.33. The van der Waals surface area contributed by atoms with Crippen LogP contribution in [0.1, 0.15) is 21.7 Å². The van der Waals surface area contributed by atoms with Crippen LogP contribution in [0.4, 0.5) is 5.00 Å². The van der Waals surface area contributed by atoms with Crippen LogP contribution >= 0.6 is 34.7 Å². The van der Waals surface area contributed by atoms with Gasteiger partial charge in [-0.25, -0.2) is 4.79 Å². The van der Waals surface area contributed by atoms with Gasteiger partial charge >= 0.3 is 5.97 Å². The lowest BCUT2D eigenvalue weighted by atomic mass is 10.2. The molecule has 0 aliphatic carbocycles. The summed E-state index contributed by atoms with van der Waals surface area (Å²) in [6.45, 7) is 2.15. The van der Waals surface area contributed by atoms with Gasteiger partial charge < -0.3 is 19.4 Å². The van der Waals surface area contributed by atoms with Gasteiger partial charge in [0.2, 0.25) is 5.91 Å². The number of methoxy groups -OCH3 is 1. The van der Waals surface area contributed by atoms with E-state index in [4.69, 9.17) is 21.1 Å². The van der Waals surface area contributed by atoms with Crippen LogP contribution in [0.5, 0.6) is 5.75 Å². The standard InChI is InChI=1S/C19H19ClN4O4S2/c1-11-4-5-13(20)14(8-11)28-9-15-22-23-19(24(15)2)30-10-16(25)21-17-12(6-7-29-17)18(26)27-3/h4-8H,9-10H2,1-3H3,(H,21,25). The highest BCUT2D eigenvalue weighted by atomic mass is 35.5. The number of aryl methyl sites for hydroxylation is 1.